The van der Waals surface area contributed by atoms with E-state index in [2.05, 4.69) is 167 Å². The van der Waals surface area contributed by atoms with Crippen LogP contribution in [0.5, 0.6) is 0 Å². The average molecular weight is 589 g/mol. The van der Waals surface area contributed by atoms with Gasteiger partial charge in [0.2, 0.25) is 0 Å². The van der Waals surface area contributed by atoms with Crippen LogP contribution < -0.4 is 4.90 Å². The van der Waals surface area contributed by atoms with Gasteiger partial charge in [-0.05, 0) is 77.9 Å². The van der Waals surface area contributed by atoms with Gasteiger partial charge in [-0.25, -0.2) is 4.98 Å². The minimum Gasteiger partial charge on any atom is -0.311 e. The van der Waals surface area contributed by atoms with Crippen LogP contribution in [0.4, 0.5) is 17.1 Å². The molecule has 9 rings (SSSR count). The molecule has 0 N–H and O–H groups in total. The second-order valence-electron chi connectivity index (χ2n) is 11.5. The van der Waals surface area contributed by atoms with Crippen molar-refractivity contribution in [3.05, 3.63) is 170 Å². The Kier molecular flexibility index (Phi) is 6.10. The number of pyridine rings is 1. The molecule has 0 bridgehead atoms. The van der Waals surface area contributed by atoms with E-state index in [1.54, 1.807) is 0 Å². The van der Waals surface area contributed by atoms with Gasteiger partial charge in [-0.2, -0.15) is 0 Å². The Balaban J connectivity index is 1.17. The molecule has 0 spiro atoms. The Labute approximate surface area is 267 Å². The number of aromatic nitrogens is 3. The van der Waals surface area contributed by atoms with Crippen LogP contribution >= 0.6 is 0 Å². The molecule has 0 fully saturated rings. The van der Waals surface area contributed by atoms with Gasteiger partial charge in [-0.3, -0.25) is 9.55 Å². The molecule has 1 aliphatic rings. The summed E-state index contributed by atoms with van der Waals surface area (Å²) in [5, 5.41) is 0. The zero-order chi connectivity index (χ0) is 30.5. The molecular formula is C42H28N4. The molecule has 0 saturated heterocycles. The van der Waals surface area contributed by atoms with Gasteiger partial charge >= 0.3 is 0 Å². The van der Waals surface area contributed by atoms with Gasteiger partial charge in [0.05, 0.1) is 22.4 Å². The lowest BCUT2D eigenvalue weighted by molar-refractivity contribution is 1.11. The van der Waals surface area contributed by atoms with Crippen molar-refractivity contribution in [3.8, 4) is 50.6 Å². The first kappa shape index (κ1) is 26.2. The first-order valence-electron chi connectivity index (χ1n) is 15.5. The van der Waals surface area contributed by atoms with E-state index in [0.717, 1.165) is 67.6 Å². The molecule has 3 heterocycles. The van der Waals surface area contributed by atoms with E-state index in [9.17, 15) is 0 Å². The number of para-hydroxylation sites is 3. The Morgan fingerprint density at radius 2 is 1.02 bits per heavy atom. The quantitative estimate of drug-likeness (QED) is 0.201. The lowest BCUT2D eigenvalue weighted by atomic mass is 9.99. The second kappa shape index (κ2) is 10.7. The van der Waals surface area contributed by atoms with Gasteiger partial charge in [-0.1, -0.05) is 97.1 Å². The fourth-order valence-electron chi connectivity index (χ4n) is 6.70. The summed E-state index contributed by atoms with van der Waals surface area (Å²) in [6.07, 6.45) is 1.88. The van der Waals surface area contributed by atoms with Crippen molar-refractivity contribution < 1.29 is 0 Å². The third-order valence-electron chi connectivity index (χ3n) is 8.81. The fraction of sp³-hybridized carbons (Fsp3) is 0. The topological polar surface area (TPSA) is 34.0 Å². The summed E-state index contributed by atoms with van der Waals surface area (Å²) in [7, 11) is 0. The second-order valence-corrected chi connectivity index (χ2v) is 11.5. The third-order valence-corrected chi connectivity index (χ3v) is 8.81. The number of rotatable bonds is 5. The highest BCUT2D eigenvalue weighted by molar-refractivity contribution is 6.02. The summed E-state index contributed by atoms with van der Waals surface area (Å²) in [5.74, 6) is 0.910. The minimum atomic E-state index is 0.910. The van der Waals surface area contributed by atoms with E-state index in [4.69, 9.17) is 9.97 Å². The van der Waals surface area contributed by atoms with E-state index in [1.165, 1.54) is 11.1 Å². The molecular weight excluding hydrogens is 560 g/mol. The van der Waals surface area contributed by atoms with E-state index in [0.29, 0.717) is 0 Å². The smallest absolute Gasteiger partial charge is 0.145 e. The van der Waals surface area contributed by atoms with Crippen molar-refractivity contribution in [3.63, 3.8) is 0 Å². The molecule has 6 aromatic carbocycles. The van der Waals surface area contributed by atoms with Gasteiger partial charge in [0.1, 0.15) is 5.82 Å². The van der Waals surface area contributed by atoms with Crippen LogP contribution in [0, 0.1) is 0 Å². The maximum Gasteiger partial charge on any atom is 0.145 e. The van der Waals surface area contributed by atoms with Crippen LogP contribution in [0.1, 0.15) is 0 Å². The highest BCUT2D eigenvalue weighted by Gasteiger charge is 2.26. The zero-order valence-corrected chi connectivity index (χ0v) is 25.0. The van der Waals surface area contributed by atoms with Crippen molar-refractivity contribution >= 4 is 28.1 Å². The van der Waals surface area contributed by atoms with Crippen LogP contribution in [0.2, 0.25) is 0 Å². The van der Waals surface area contributed by atoms with E-state index >= 15 is 0 Å². The standard InChI is InChI=1S/C42H28N4/c1-3-11-29(12-4-1)30-20-24-33(25-21-30)45(32-13-5-2-6-14-32)34-26-22-31(23-27-34)42-44-38-18-9-16-36-35-17-10-28-43-40(35)37-15-7-8-19-39(37)46(42)41(36)38/h1-28H. The average Bonchev–Trinajstić information content (AvgIpc) is 3.47. The van der Waals surface area contributed by atoms with Gasteiger partial charge < -0.3 is 4.90 Å². The van der Waals surface area contributed by atoms with Crippen LogP contribution in [0.25, 0.3) is 61.6 Å². The Morgan fingerprint density at radius 3 is 1.78 bits per heavy atom. The summed E-state index contributed by atoms with van der Waals surface area (Å²) in [4.78, 5) is 12.4. The molecule has 8 aromatic rings. The molecule has 4 heteroatoms. The van der Waals surface area contributed by atoms with E-state index < -0.39 is 0 Å². The molecule has 0 saturated carbocycles. The lowest BCUT2D eigenvalue weighted by Crippen LogP contribution is -2.09. The molecule has 216 valence electrons. The largest absolute Gasteiger partial charge is 0.311 e. The number of anilines is 3. The normalized spacial score (nSPS) is 11.5. The fourth-order valence-corrected chi connectivity index (χ4v) is 6.70. The van der Waals surface area contributed by atoms with Crippen LogP contribution in [-0.4, -0.2) is 14.5 Å². The SMILES string of the molecule is c1ccc(-c2ccc(N(c3ccccc3)c3ccc(-c4nc5cccc6c5n4-c4ccccc4-c4ncccc4-6)cc3)cc2)cc1. The zero-order valence-electron chi connectivity index (χ0n) is 25.0. The van der Waals surface area contributed by atoms with Crippen molar-refractivity contribution in [1.82, 2.24) is 14.5 Å². The van der Waals surface area contributed by atoms with Gasteiger partial charge in [-0.15, -0.1) is 0 Å². The predicted octanol–water partition coefficient (Wildman–Crippen LogP) is 10.9. The summed E-state index contributed by atoms with van der Waals surface area (Å²) in [5.41, 5.74) is 14.2. The summed E-state index contributed by atoms with van der Waals surface area (Å²) in [6.45, 7) is 0. The summed E-state index contributed by atoms with van der Waals surface area (Å²) in [6, 6.07) is 57.6. The van der Waals surface area contributed by atoms with Crippen LogP contribution in [0.3, 0.4) is 0 Å². The maximum absolute atomic E-state index is 5.23. The van der Waals surface area contributed by atoms with Crippen molar-refractivity contribution in [1.29, 1.82) is 0 Å². The number of fused-ring (bicyclic) bond motifs is 5. The van der Waals surface area contributed by atoms with E-state index in [-0.39, 0.29) is 0 Å². The Morgan fingerprint density at radius 1 is 0.435 bits per heavy atom. The van der Waals surface area contributed by atoms with Gasteiger partial charge in [0, 0.05) is 45.5 Å². The number of benzene rings is 6. The molecule has 0 aliphatic carbocycles. The monoisotopic (exact) mass is 588 g/mol. The maximum atomic E-state index is 5.23. The number of nitrogens with zero attached hydrogens (tertiary/aromatic N) is 4. The molecule has 0 atom stereocenters. The highest BCUT2D eigenvalue weighted by atomic mass is 15.1. The van der Waals surface area contributed by atoms with Crippen molar-refractivity contribution in [2.24, 2.45) is 0 Å². The molecule has 0 unspecified atom stereocenters. The van der Waals surface area contributed by atoms with Crippen LogP contribution in [0.15, 0.2) is 170 Å². The van der Waals surface area contributed by atoms with Gasteiger partial charge in [0.25, 0.3) is 0 Å². The van der Waals surface area contributed by atoms with Crippen molar-refractivity contribution in [2.75, 3.05) is 4.90 Å². The Hall–Kier alpha value is -6.26. The predicted molar refractivity (Wildman–Crippen MR) is 189 cm³/mol. The number of imidazole rings is 1. The van der Waals surface area contributed by atoms with Crippen LogP contribution in [-0.2, 0) is 0 Å². The number of hydrogen-bond acceptors (Lipinski definition) is 3. The summed E-state index contributed by atoms with van der Waals surface area (Å²) >= 11 is 0. The molecule has 4 nitrogen and oxygen atoms in total. The number of hydrogen-bond donors (Lipinski definition) is 0. The minimum absolute atomic E-state index is 0.910. The van der Waals surface area contributed by atoms with Crippen molar-refractivity contribution in [2.45, 2.75) is 0 Å². The lowest BCUT2D eigenvalue weighted by Gasteiger charge is -2.26. The molecule has 1 aliphatic heterocycles. The Bertz CT molecular complexity index is 2340. The first-order chi connectivity index (χ1) is 22.8. The highest BCUT2D eigenvalue weighted by Crippen LogP contribution is 2.44. The molecule has 0 amide bonds. The third kappa shape index (κ3) is 4.23. The first-order valence-corrected chi connectivity index (χ1v) is 15.5. The molecule has 0 radical (unpaired) electrons. The molecule has 2 aromatic heterocycles. The van der Waals surface area contributed by atoms with E-state index in [1.807, 2.05) is 12.3 Å². The van der Waals surface area contributed by atoms with Gasteiger partial charge in [0.15, 0.2) is 0 Å². The molecule has 46 heavy (non-hydrogen) atoms. The summed E-state index contributed by atoms with van der Waals surface area (Å²) < 4.78 is 2.31.